The zero-order valence-electron chi connectivity index (χ0n) is 10.2. The zero-order valence-corrected chi connectivity index (χ0v) is 11.7. The fourth-order valence-electron chi connectivity index (χ4n) is 1.70. The Labute approximate surface area is 118 Å². The van der Waals surface area contributed by atoms with Crippen LogP contribution in [0.1, 0.15) is 10.9 Å². The average Bonchev–Trinajstić information content (AvgIpc) is 2.47. The molecule has 0 amide bonds. The van der Waals surface area contributed by atoms with Crippen molar-refractivity contribution in [2.24, 2.45) is 0 Å². The minimum atomic E-state index is -3.46. The largest absolute Gasteiger partial charge is 0.219 e. The molecule has 0 N–H and O–H groups in total. The lowest BCUT2D eigenvalue weighted by Crippen LogP contribution is -2.01. The highest BCUT2D eigenvalue weighted by Crippen LogP contribution is 2.25. The lowest BCUT2D eigenvalue weighted by Gasteiger charge is -2.07. The highest BCUT2D eigenvalue weighted by atomic mass is 35.5. The number of alkyl halides is 1. The van der Waals surface area contributed by atoms with E-state index in [-0.39, 0.29) is 15.2 Å². The molecule has 0 saturated heterocycles. The third kappa shape index (κ3) is 2.88. The van der Waals surface area contributed by atoms with E-state index in [1.807, 2.05) is 0 Å². The van der Waals surface area contributed by atoms with Gasteiger partial charge in [0.25, 0.3) is 0 Å². The van der Waals surface area contributed by atoms with Crippen LogP contribution in [-0.4, -0.2) is 8.42 Å². The van der Waals surface area contributed by atoms with E-state index in [2.05, 4.69) is 6.58 Å². The second-order valence-corrected chi connectivity index (χ2v) is 6.44. The molecule has 1 unspecified atom stereocenters. The number of rotatable bonds is 4. The van der Waals surface area contributed by atoms with E-state index in [9.17, 15) is 8.42 Å². The summed E-state index contributed by atoms with van der Waals surface area (Å²) in [6, 6.07) is 14.9. The summed E-state index contributed by atoms with van der Waals surface area (Å²) in [6.07, 6.45) is 1.60. The van der Waals surface area contributed by atoms with Crippen LogP contribution in [-0.2, 0) is 9.84 Å². The van der Waals surface area contributed by atoms with E-state index in [0.29, 0.717) is 0 Å². The Bertz CT molecular complexity index is 661. The molecule has 0 spiro atoms. The first kappa shape index (κ1) is 13.8. The summed E-state index contributed by atoms with van der Waals surface area (Å²) in [7, 11) is -3.46. The van der Waals surface area contributed by atoms with Gasteiger partial charge in [0, 0.05) is 0 Å². The number of sulfone groups is 1. The van der Waals surface area contributed by atoms with Gasteiger partial charge in [-0.05, 0) is 29.8 Å². The van der Waals surface area contributed by atoms with Crippen molar-refractivity contribution >= 4 is 21.4 Å². The van der Waals surface area contributed by atoms with Crippen molar-refractivity contribution in [2.45, 2.75) is 15.2 Å². The summed E-state index contributed by atoms with van der Waals surface area (Å²) < 4.78 is 24.7. The molecule has 2 nitrogen and oxygen atoms in total. The molecule has 0 aliphatic rings. The Morgan fingerprint density at radius 3 is 2.00 bits per heavy atom. The molecule has 0 radical (unpaired) electrons. The molecule has 4 heteroatoms. The molecule has 2 aromatic carbocycles. The summed E-state index contributed by atoms with van der Waals surface area (Å²) in [4.78, 5) is 0.546. The molecular formula is C15H13ClO2S. The first-order chi connectivity index (χ1) is 9.05. The van der Waals surface area contributed by atoms with E-state index in [0.717, 1.165) is 5.56 Å². The maximum atomic E-state index is 12.3. The Morgan fingerprint density at radius 1 is 0.947 bits per heavy atom. The Balaban J connectivity index is 2.40. The van der Waals surface area contributed by atoms with Crippen molar-refractivity contribution in [3.05, 3.63) is 72.8 Å². The normalized spacial score (nSPS) is 12.9. The molecule has 0 bridgehead atoms. The van der Waals surface area contributed by atoms with E-state index < -0.39 is 9.84 Å². The molecule has 2 rings (SSSR count). The molecule has 2 aromatic rings. The molecule has 0 aromatic heterocycles. The number of allylic oxidation sites excluding steroid dienone is 1. The van der Waals surface area contributed by atoms with Gasteiger partial charge in [-0.3, -0.25) is 0 Å². The van der Waals surface area contributed by atoms with Crippen LogP contribution in [0.3, 0.4) is 0 Å². The van der Waals surface area contributed by atoms with Crippen molar-refractivity contribution in [1.29, 1.82) is 0 Å². The molecule has 0 heterocycles. The second kappa shape index (κ2) is 5.59. The first-order valence-corrected chi connectivity index (χ1v) is 7.64. The quantitative estimate of drug-likeness (QED) is 0.631. The highest BCUT2D eigenvalue weighted by molar-refractivity contribution is 7.91. The third-order valence-corrected chi connectivity index (χ3v) is 4.98. The Morgan fingerprint density at radius 2 is 1.47 bits per heavy atom. The third-order valence-electron chi connectivity index (χ3n) is 2.77. The Kier molecular flexibility index (Phi) is 4.08. The van der Waals surface area contributed by atoms with Gasteiger partial charge in [0.15, 0.2) is 0 Å². The molecule has 1 atom stereocenters. The maximum absolute atomic E-state index is 12.3. The minimum Gasteiger partial charge on any atom is -0.219 e. The molecule has 0 aliphatic carbocycles. The maximum Gasteiger partial charge on any atom is 0.206 e. The summed E-state index contributed by atoms with van der Waals surface area (Å²) in [6.45, 7) is 3.61. The van der Waals surface area contributed by atoms with Crippen LogP contribution >= 0.6 is 11.6 Å². The lowest BCUT2D eigenvalue weighted by molar-refractivity contribution is 0.596. The van der Waals surface area contributed by atoms with Crippen LogP contribution in [0.4, 0.5) is 0 Å². The van der Waals surface area contributed by atoms with Crippen LogP contribution in [0, 0.1) is 0 Å². The van der Waals surface area contributed by atoms with Crippen molar-refractivity contribution in [3.63, 3.8) is 0 Å². The van der Waals surface area contributed by atoms with Gasteiger partial charge >= 0.3 is 0 Å². The fraction of sp³-hybridized carbons (Fsp3) is 0.0667. The molecular weight excluding hydrogens is 280 g/mol. The predicted molar refractivity (Wildman–Crippen MR) is 77.1 cm³/mol. The molecule has 98 valence electrons. The number of benzene rings is 2. The predicted octanol–water partition coefficient (Wildman–Crippen LogP) is 3.99. The number of hydrogen-bond acceptors (Lipinski definition) is 2. The number of hydrogen-bond donors (Lipinski definition) is 0. The van der Waals surface area contributed by atoms with E-state index in [4.69, 9.17) is 11.6 Å². The first-order valence-electron chi connectivity index (χ1n) is 5.72. The van der Waals surface area contributed by atoms with Gasteiger partial charge < -0.3 is 0 Å². The molecule has 19 heavy (non-hydrogen) atoms. The van der Waals surface area contributed by atoms with Crippen molar-refractivity contribution in [2.75, 3.05) is 0 Å². The van der Waals surface area contributed by atoms with E-state index in [1.54, 1.807) is 60.7 Å². The standard InChI is InChI=1S/C15H13ClO2S/c1-2-15(16)12-8-10-14(11-9-12)19(17,18)13-6-4-3-5-7-13/h2-11,15H,1H2. The van der Waals surface area contributed by atoms with Crippen LogP contribution in [0.5, 0.6) is 0 Å². The smallest absolute Gasteiger partial charge is 0.206 e. The topological polar surface area (TPSA) is 34.1 Å². The van der Waals surface area contributed by atoms with Crippen molar-refractivity contribution in [3.8, 4) is 0 Å². The van der Waals surface area contributed by atoms with E-state index >= 15 is 0 Å². The van der Waals surface area contributed by atoms with Gasteiger partial charge in [-0.2, -0.15) is 0 Å². The number of halogens is 1. The Hall–Kier alpha value is -1.58. The highest BCUT2D eigenvalue weighted by Gasteiger charge is 2.17. The summed E-state index contributed by atoms with van der Waals surface area (Å²) in [5, 5.41) is -0.312. The monoisotopic (exact) mass is 292 g/mol. The lowest BCUT2D eigenvalue weighted by atomic mass is 10.1. The molecule has 0 aliphatic heterocycles. The zero-order chi connectivity index (χ0) is 13.9. The average molecular weight is 293 g/mol. The van der Waals surface area contributed by atoms with Crippen LogP contribution in [0.15, 0.2) is 77.0 Å². The van der Waals surface area contributed by atoms with Gasteiger partial charge in [0.1, 0.15) is 0 Å². The SMILES string of the molecule is C=CC(Cl)c1ccc(S(=O)(=O)c2ccccc2)cc1. The van der Waals surface area contributed by atoms with Crippen molar-refractivity contribution < 1.29 is 8.42 Å². The van der Waals surface area contributed by atoms with E-state index in [1.165, 1.54) is 0 Å². The van der Waals surface area contributed by atoms with Gasteiger partial charge in [0.05, 0.1) is 15.2 Å². The summed E-state index contributed by atoms with van der Waals surface area (Å²) in [5.41, 5.74) is 0.823. The van der Waals surface area contributed by atoms with Crippen LogP contribution in [0.25, 0.3) is 0 Å². The summed E-state index contributed by atoms with van der Waals surface area (Å²) >= 11 is 6.01. The van der Waals surface area contributed by atoms with Crippen molar-refractivity contribution in [1.82, 2.24) is 0 Å². The van der Waals surface area contributed by atoms with Gasteiger partial charge in [-0.1, -0.05) is 36.4 Å². The van der Waals surface area contributed by atoms with Gasteiger partial charge in [0.2, 0.25) is 9.84 Å². The van der Waals surface area contributed by atoms with Gasteiger partial charge in [-0.25, -0.2) is 8.42 Å². The summed E-state index contributed by atoms with van der Waals surface area (Å²) in [5.74, 6) is 0. The second-order valence-electron chi connectivity index (χ2n) is 4.02. The molecule has 0 saturated carbocycles. The van der Waals surface area contributed by atoms with Crippen LogP contribution < -0.4 is 0 Å². The minimum absolute atomic E-state index is 0.260. The van der Waals surface area contributed by atoms with Gasteiger partial charge in [-0.15, -0.1) is 18.2 Å². The van der Waals surface area contributed by atoms with Crippen LogP contribution in [0.2, 0.25) is 0 Å². The molecule has 0 fully saturated rings. The fourth-order valence-corrected chi connectivity index (χ4v) is 3.13.